The first-order chi connectivity index (χ1) is 14.5. The van der Waals surface area contributed by atoms with Gasteiger partial charge >= 0.3 is 18.0 Å². The zero-order valence-electron chi connectivity index (χ0n) is 16.4. The molecule has 152 valence electrons. The lowest BCUT2D eigenvalue weighted by Gasteiger charge is -2.22. The Hall–Kier alpha value is -4.13. The lowest BCUT2D eigenvalue weighted by molar-refractivity contribution is 0.0597. The molecule has 0 aliphatic carbocycles. The van der Waals surface area contributed by atoms with Gasteiger partial charge in [0.1, 0.15) is 11.3 Å². The summed E-state index contributed by atoms with van der Waals surface area (Å²) in [6.45, 7) is 0. The molecule has 0 unspecified atom stereocenters. The van der Waals surface area contributed by atoms with Crippen molar-refractivity contribution in [2.75, 3.05) is 19.1 Å². The summed E-state index contributed by atoms with van der Waals surface area (Å²) in [5.41, 5.74) is 1.22. The number of benzene rings is 3. The van der Waals surface area contributed by atoms with Crippen LogP contribution >= 0.6 is 0 Å². The molecule has 3 aromatic carbocycles. The SMILES string of the molecule is COC(=O)c1ccc(OC(=O)N(c2ccccc2)c2ccccc2)c(C(=O)OC)c1. The first-order valence-corrected chi connectivity index (χ1v) is 8.98. The average Bonchev–Trinajstić information content (AvgIpc) is 2.80. The second-order valence-corrected chi connectivity index (χ2v) is 6.07. The van der Waals surface area contributed by atoms with Gasteiger partial charge in [-0.3, -0.25) is 0 Å². The van der Waals surface area contributed by atoms with E-state index in [4.69, 9.17) is 9.47 Å². The Labute approximate surface area is 173 Å². The number of rotatable bonds is 5. The Morgan fingerprint density at radius 3 is 1.73 bits per heavy atom. The molecule has 0 bridgehead atoms. The van der Waals surface area contributed by atoms with Crippen molar-refractivity contribution in [3.05, 3.63) is 90.0 Å². The first-order valence-electron chi connectivity index (χ1n) is 8.98. The Kier molecular flexibility index (Phi) is 6.44. The minimum Gasteiger partial charge on any atom is -0.465 e. The molecule has 0 aliphatic rings. The normalized spacial score (nSPS) is 10.1. The molecule has 0 atom stereocenters. The van der Waals surface area contributed by atoms with Gasteiger partial charge in [0.25, 0.3) is 0 Å². The lowest BCUT2D eigenvalue weighted by atomic mass is 10.1. The van der Waals surface area contributed by atoms with Crippen LogP contribution in [0.15, 0.2) is 78.9 Å². The van der Waals surface area contributed by atoms with Crippen molar-refractivity contribution in [1.29, 1.82) is 0 Å². The van der Waals surface area contributed by atoms with Crippen molar-refractivity contribution in [2.24, 2.45) is 0 Å². The van der Waals surface area contributed by atoms with Gasteiger partial charge < -0.3 is 14.2 Å². The Bertz CT molecular complexity index is 1010. The summed E-state index contributed by atoms with van der Waals surface area (Å²) in [4.78, 5) is 38.5. The maximum Gasteiger partial charge on any atom is 0.424 e. The van der Waals surface area contributed by atoms with E-state index in [9.17, 15) is 14.4 Å². The molecule has 7 nitrogen and oxygen atoms in total. The summed E-state index contributed by atoms with van der Waals surface area (Å²) in [5, 5.41) is 0. The van der Waals surface area contributed by atoms with Gasteiger partial charge in [-0.2, -0.15) is 0 Å². The second-order valence-electron chi connectivity index (χ2n) is 6.07. The summed E-state index contributed by atoms with van der Waals surface area (Å²) in [7, 11) is 2.42. The van der Waals surface area contributed by atoms with E-state index >= 15 is 0 Å². The van der Waals surface area contributed by atoms with Crippen LogP contribution in [0.2, 0.25) is 0 Å². The summed E-state index contributed by atoms with van der Waals surface area (Å²) in [6, 6.07) is 21.9. The molecule has 0 saturated carbocycles. The van der Waals surface area contributed by atoms with Crippen LogP contribution in [0.1, 0.15) is 20.7 Å². The molecule has 0 fully saturated rings. The van der Waals surface area contributed by atoms with Gasteiger partial charge in [-0.05, 0) is 42.5 Å². The number of nitrogens with zero attached hydrogens (tertiary/aromatic N) is 1. The van der Waals surface area contributed by atoms with E-state index in [1.165, 1.54) is 37.3 Å². The van der Waals surface area contributed by atoms with Crippen LogP contribution in [0.3, 0.4) is 0 Å². The topological polar surface area (TPSA) is 82.1 Å². The van der Waals surface area contributed by atoms with Gasteiger partial charge in [-0.25, -0.2) is 19.3 Å². The number of carbonyl (C=O) groups is 3. The Morgan fingerprint density at radius 1 is 0.700 bits per heavy atom. The van der Waals surface area contributed by atoms with Crippen molar-refractivity contribution >= 4 is 29.4 Å². The molecule has 7 heteroatoms. The van der Waals surface area contributed by atoms with Crippen LogP contribution < -0.4 is 9.64 Å². The number of amides is 1. The summed E-state index contributed by atoms with van der Waals surface area (Å²) in [6.07, 6.45) is -0.733. The molecular weight excluding hydrogens is 386 g/mol. The maximum absolute atomic E-state index is 13.1. The minimum atomic E-state index is -0.755. The highest BCUT2D eigenvalue weighted by molar-refractivity contribution is 6.00. The van der Waals surface area contributed by atoms with Gasteiger partial charge in [0.2, 0.25) is 0 Å². The van der Waals surface area contributed by atoms with E-state index in [0.29, 0.717) is 11.4 Å². The van der Waals surface area contributed by atoms with Gasteiger partial charge in [0, 0.05) is 0 Å². The van der Waals surface area contributed by atoms with E-state index in [0.717, 1.165) is 0 Å². The number of para-hydroxylation sites is 2. The predicted molar refractivity (Wildman–Crippen MR) is 110 cm³/mol. The van der Waals surface area contributed by atoms with Gasteiger partial charge in [-0.15, -0.1) is 0 Å². The van der Waals surface area contributed by atoms with Gasteiger partial charge in [0.05, 0.1) is 31.2 Å². The molecule has 1 amide bonds. The fourth-order valence-corrected chi connectivity index (χ4v) is 2.79. The molecule has 0 saturated heterocycles. The van der Waals surface area contributed by atoms with Crippen molar-refractivity contribution < 1.29 is 28.6 Å². The zero-order chi connectivity index (χ0) is 21.5. The molecule has 0 aromatic heterocycles. The van der Waals surface area contributed by atoms with E-state index in [-0.39, 0.29) is 16.9 Å². The highest BCUT2D eigenvalue weighted by Crippen LogP contribution is 2.28. The number of hydrogen-bond acceptors (Lipinski definition) is 6. The molecule has 0 N–H and O–H groups in total. The molecule has 3 rings (SSSR count). The third kappa shape index (κ3) is 4.47. The van der Waals surface area contributed by atoms with E-state index in [1.54, 1.807) is 48.5 Å². The first kappa shape index (κ1) is 20.6. The van der Waals surface area contributed by atoms with Crippen LogP contribution in [-0.2, 0) is 9.47 Å². The summed E-state index contributed by atoms with van der Waals surface area (Å²) in [5.74, 6) is -1.43. The fraction of sp³-hybridized carbons (Fsp3) is 0.0870. The van der Waals surface area contributed by atoms with Crippen molar-refractivity contribution in [3.8, 4) is 5.75 Å². The van der Waals surface area contributed by atoms with Crippen LogP contribution in [0.25, 0.3) is 0 Å². The van der Waals surface area contributed by atoms with E-state index in [1.807, 2.05) is 12.1 Å². The Balaban J connectivity index is 2.00. The molecule has 0 heterocycles. The minimum absolute atomic E-state index is 0.0450. The molecule has 3 aromatic rings. The second kappa shape index (κ2) is 9.38. The maximum atomic E-state index is 13.1. The fourth-order valence-electron chi connectivity index (χ4n) is 2.79. The summed E-state index contributed by atoms with van der Waals surface area (Å²) >= 11 is 0. The van der Waals surface area contributed by atoms with Gasteiger partial charge in [0.15, 0.2) is 0 Å². The van der Waals surface area contributed by atoms with Crippen LogP contribution in [0.4, 0.5) is 16.2 Å². The van der Waals surface area contributed by atoms with Gasteiger partial charge in [-0.1, -0.05) is 36.4 Å². The molecule has 30 heavy (non-hydrogen) atoms. The number of carbonyl (C=O) groups excluding carboxylic acids is 3. The van der Waals surface area contributed by atoms with Crippen LogP contribution in [0, 0.1) is 0 Å². The van der Waals surface area contributed by atoms with E-state index in [2.05, 4.69) is 4.74 Å². The van der Waals surface area contributed by atoms with Crippen molar-refractivity contribution in [1.82, 2.24) is 0 Å². The highest BCUT2D eigenvalue weighted by atomic mass is 16.6. The van der Waals surface area contributed by atoms with Crippen LogP contribution in [0.5, 0.6) is 5.75 Å². The number of ether oxygens (including phenoxy) is 3. The average molecular weight is 405 g/mol. The number of esters is 2. The molecule has 0 radical (unpaired) electrons. The molecule has 0 aliphatic heterocycles. The molecule has 0 spiro atoms. The molecular formula is C23H19NO6. The Morgan fingerprint density at radius 2 is 1.23 bits per heavy atom. The highest BCUT2D eigenvalue weighted by Gasteiger charge is 2.24. The number of methoxy groups -OCH3 is 2. The quantitative estimate of drug-likeness (QED) is 0.577. The third-order valence-electron chi connectivity index (χ3n) is 4.21. The largest absolute Gasteiger partial charge is 0.465 e. The standard InChI is InChI=1S/C23H19NO6/c1-28-21(25)16-13-14-20(19(15-16)22(26)29-2)30-23(27)24(17-9-5-3-6-10-17)18-11-7-4-8-12-18/h3-15H,1-2H3. The number of hydrogen-bond donors (Lipinski definition) is 0. The van der Waals surface area contributed by atoms with Crippen molar-refractivity contribution in [3.63, 3.8) is 0 Å². The smallest absolute Gasteiger partial charge is 0.424 e. The summed E-state index contributed by atoms with van der Waals surface area (Å²) < 4.78 is 15.0. The third-order valence-corrected chi connectivity index (χ3v) is 4.21. The lowest BCUT2D eigenvalue weighted by Crippen LogP contribution is -2.29. The van der Waals surface area contributed by atoms with Crippen molar-refractivity contribution in [2.45, 2.75) is 0 Å². The predicted octanol–water partition coefficient (Wildman–Crippen LogP) is 4.60. The number of anilines is 2. The monoisotopic (exact) mass is 405 g/mol. The van der Waals surface area contributed by atoms with E-state index < -0.39 is 18.0 Å². The zero-order valence-corrected chi connectivity index (χ0v) is 16.4. The van der Waals surface area contributed by atoms with Crippen LogP contribution in [-0.4, -0.2) is 32.3 Å².